The van der Waals surface area contributed by atoms with Crippen molar-refractivity contribution in [2.75, 3.05) is 12.3 Å². The van der Waals surface area contributed by atoms with Crippen molar-refractivity contribution in [1.29, 1.82) is 0 Å². The van der Waals surface area contributed by atoms with E-state index in [2.05, 4.69) is 30.2 Å². The molecule has 3 heteroatoms. The number of rotatable bonds is 5. The van der Waals surface area contributed by atoms with Gasteiger partial charge < -0.3 is 11.1 Å². The van der Waals surface area contributed by atoms with Gasteiger partial charge in [-0.1, -0.05) is 13.8 Å². The maximum absolute atomic E-state index is 5.74. The molecule has 2 rings (SSSR count). The largest absolute Gasteiger partial charge is 0.384 e. The molecule has 100 valence electrons. The number of pyridine rings is 1. The van der Waals surface area contributed by atoms with Gasteiger partial charge in [-0.25, -0.2) is 4.98 Å². The Bertz CT molecular complexity index is 378. The molecule has 0 amide bonds. The first-order valence-corrected chi connectivity index (χ1v) is 7.14. The predicted molar refractivity (Wildman–Crippen MR) is 76.3 cm³/mol. The first kappa shape index (κ1) is 13.3. The number of aromatic nitrogens is 1. The van der Waals surface area contributed by atoms with Crippen molar-refractivity contribution in [3.05, 3.63) is 23.9 Å². The van der Waals surface area contributed by atoms with E-state index >= 15 is 0 Å². The van der Waals surface area contributed by atoms with Crippen LogP contribution in [0.2, 0.25) is 0 Å². The van der Waals surface area contributed by atoms with Gasteiger partial charge in [-0.15, -0.1) is 0 Å². The zero-order valence-electron chi connectivity index (χ0n) is 11.5. The summed E-state index contributed by atoms with van der Waals surface area (Å²) in [5.74, 6) is 2.17. The Morgan fingerprint density at radius 3 is 3.00 bits per heavy atom. The minimum Gasteiger partial charge on any atom is -0.384 e. The fraction of sp³-hybridized carbons (Fsp3) is 0.667. The van der Waals surface area contributed by atoms with Crippen LogP contribution >= 0.6 is 0 Å². The van der Waals surface area contributed by atoms with Gasteiger partial charge in [-0.3, -0.25) is 0 Å². The molecule has 3 nitrogen and oxygen atoms in total. The molecular weight excluding hydrogens is 222 g/mol. The molecule has 1 aliphatic rings. The third-order valence-corrected chi connectivity index (χ3v) is 4.23. The molecular formula is C15H25N3. The fourth-order valence-electron chi connectivity index (χ4n) is 3.08. The summed E-state index contributed by atoms with van der Waals surface area (Å²) in [7, 11) is 0. The molecule has 0 spiro atoms. The predicted octanol–water partition coefficient (Wildman–Crippen LogP) is 2.62. The highest BCUT2D eigenvalue weighted by molar-refractivity contribution is 5.32. The van der Waals surface area contributed by atoms with Crippen molar-refractivity contribution in [1.82, 2.24) is 10.3 Å². The number of nitrogens with one attached hydrogen (secondary N) is 1. The third kappa shape index (κ3) is 3.22. The van der Waals surface area contributed by atoms with Crippen LogP contribution in [-0.2, 0) is 6.42 Å². The van der Waals surface area contributed by atoms with Gasteiger partial charge in [0.05, 0.1) is 0 Å². The molecule has 1 aliphatic carbocycles. The lowest BCUT2D eigenvalue weighted by Crippen LogP contribution is -2.33. The molecule has 0 aliphatic heterocycles. The van der Waals surface area contributed by atoms with E-state index in [1.54, 1.807) is 0 Å². The lowest BCUT2D eigenvalue weighted by molar-refractivity contribution is 0.351. The van der Waals surface area contributed by atoms with Crippen LogP contribution in [0.1, 0.15) is 38.7 Å². The summed E-state index contributed by atoms with van der Waals surface area (Å²) in [4.78, 5) is 4.05. The topological polar surface area (TPSA) is 50.9 Å². The van der Waals surface area contributed by atoms with Gasteiger partial charge in [0, 0.05) is 12.2 Å². The van der Waals surface area contributed by atoms with Crippen molar-refractivity contribution in [2.45, 2.75) is 45.6 Å². The zero-order chi connectivity index (χ0) is 13.0. The molecule has 0 bridgehead atoms. The maximum Gasteiger partial charge on any atom is 0.123 e. The minimum absolute atomic E-state index is 0.638. The molecule has 1 fully saturated rings. The summed E-state index contributed by atoms with van der Waals surface area (Å²) in [5, 5.41) is 3.67. The second-order valence-corrected chi connectivity index (χ2v) is 5.55. The van der Waals surface area contributed by atoms with Crippen molar-refractivity contribution >= 4 is 5.82 Å². The molecule has 0 radical (unpaired) electrons. The summed E-state index contributed by atoms with van der Waals surface area (Å²) in [6.45, 7) is 5.75. The average Bonchev–Trinajstić information content (AvgIpc) is 2.69. The van der Waals surface area contributed by atoms with Crippen LogP contribution in [0.5, 0.6) is 0 Å². The Hall–Kier alpha value is -1.09. The average molecular weight is 247 g/mol. The Labute approximate surface area is 110 Å². The standard InChI is InChI=1S/C15H25N3/c1-3-7-17-14-5-4-13(11(14)2)9-12-6-8-18-15(16)10-12/h6,8,10-11,13-14,17H,3-5,7,9H2,1-2H3,(H2,16,18). The van der Waals surface area contributed by atoms with E-state index in [1.807, 2.05) is 12.3 Å². The molecule has 3 unspecified atom stereocenters. The van der Waals surface area contributed by atoms with E-state index in [9.17, 15) is 0 Å². The smallest absolute Gasteiger partial charge is 0.123 e. The van der Waals surface area contributed by atoms with E-state index in [0.717, 1.165) is 24.8 Å². The van der Waals surface area contributed by atoms with Crippen LogP contribution < -0.4 is 11.1 Å². The van der Waals surface area contributed by atoms with Crippen LogP contribution in [-0.4, -0.2) is 17.6 Å². The monoisotopic (exact) mass is 247 g/mol. The van der Waals surface area contributed by atoms with E-state index in [1.165, 1.54) is 24.8 Å². The van der Waals surface area contributed by atoms with Gasteiger partial charge in [0.1, 0.15) is 5.82 Å². The number of nitrogens with zero attached hydrogens (tertiary/aromatic N) is 1. The lowest BCUT2D eigenvalue weighted by atomic mass is 9.90. The zero-order valence-corrected chi connectivity index (χ0v) is 11.5. The highest BCUT2D eigenvalue weighted by atomic mass is 14.9. The lowest BCUT2D eigenvalue weighted by Gasteiger charge is -2.21. The van der Waals surface area contributed by atoms with Crippen molar-refractivity contribution in [3.8, 4) is 0 Å². The number of nitrogen functional groups attached to an aromatic ring is 1. The molecule has 3 N–H and O–H groups in total. The first-order valence-electron chi connectivity index (χ1n) is 7.14. The molecule has 0 saturated heterocycles. The van der Waals surface area contributed by atoms with Gasteiger partial charge >= 0.3 is 0 Å². The van der Waals surface area contributed by atoms with Crippen molar-refractivity contribution < 1.29 is 0 Å². The van der Waals surface area contributed by atoms with E-state index in [-0.39, 0.29) is 0 Å². The van der Waals surface area contributed by atoms with Gasteiger partial charge in [0.15, 0.2) is 0 Å². The van der Waals surface area contributed by atoms with Crippen LogP contribution in [0.25, 0.3) is 0 Å². The Balaban J connectivity index is 1.91. The van der Waals surface area contributed by atoms with Crippen LogP contribution in [0.15, 0.2) is 18.3 Å². The van der Waals surface area contributed by atoms with E-state index in [0.29, 0.717) is 11.9 Å². The van der Waals surface area contributed by atoms with Crippen LogP contribution in [0.3, 0.4) is 0 Å². The molecule has 1 saturated carbocycles. The molecule has 0 aromatic carbocycles. The Morgan fingerprint density at radius 2 is 2.28 bits per heavy atom. The first-order chi connectivity index (χ1) is 8.70. The normalized spacial score (nSPS) is 27.6. The molecule has 1 aromatic rings. The quantitative estimate of drug-likeness (QED) is 0.841. The van der Waals surface area contributed by atoms with Gasteiger partial charge in [-0.2, -0.15) is 0 Å². The second kappa shape index (κ2) is 6.19. The third-order valence-electron chi connectivity index (χ3n) is 4.23. The maximum atomic E-state index is 5.74. The summed E-state index contributed by atoms with van der Waals surface area (Å²) < 4.78 is 0. The Morgan fingerprint density at radius 1 is 1.44 bits per heavy atom. The molecule has 3 atom stereocenters. The number of hydrogen-bond acceptors (Lipinski definition) is 3. The highest BCUT2D eigenvalue weighted by Gasteiger charge is 2.32. The summed E-state index contributed by atoms with van der Waals surface area (Å²) in [6.07, 6.45) is 6.81. The number of nitrogens with two attached hydrogens (primary N) is 1. The Kier molecular flexibility index (Phi) is 4.59. The van der Waals surface area contributed by atoms with E-state index < -0.39 is 0 Å². The summed E-state index contributed by atoms with van der Waals surface area (Å²) >= 11 is 0. The van der Waals surface area contributed by atoms with Crippen molar-refractivity contribution in [2.24, 2.45) is 11.8 Å². The highest BCUT2D eigenvalue weighted by Crippen LogP contribution is 2.34. The van der Waals surface area contributed by atoms with Crippen LogP contribution in [0, 0.1) is 11.8 Å². The second-order valence-electron chi connectivity index (χ2n) is 5.55. The van der Waals surface area contributed by atoms with Gasteiger partial charge in [0.2, 0.25) is 0 Å². The minimum atomic E-state index is 0.638. The number of anilines is 1. The molecule has 18 heavy (non-hydrogen) atoms. The molecule has 1 aromatic heterocycles. The van der Waals surface area contributed by atoms with Gasteiger partial charge in [0.25, 0.3) is 0 Å². The summed E-state index contributed by atoms with van der Waals surface area (Å²) in [5.41, 5.74) is 7.07. The summed E-state index contributed by atoms with van der Waals surface area (Å²) in [6, 6.07) is 4.81. The SMILES string of the molecule is CCCNC1CCC(Cc2ccnc(N)c2)C1C. The molecule has 1 heterocycles. The van der Waals surface area contributed by atoms with E-state index in [4.69, 9.17) is 5.73 Å². The van der Waals surface area contributed by atoms with Gasteiger partial charge in [-0.05, 0) is 61.8 Å². The van der Waals surface area contributed by atoms with Crippen LogP contribution in [0.4, 0.5) is 5.82 Å². The number of hydrogen-bond donors (Lipinski definition) is 2. The van der Waals surface area contributed by atoms with Crippen molar-refractivity contribution in [3.63, 3.8) is 0 Å². The fourth-order valence-corrected chi connectivity index (χ4v) is 3.08.